The van der Waals surface area contributed by atoms with Gasteiger partial charge in [-0.15, -0.1) is 0 Å². The third-order valence-corrected chi connectivity index (χ3v) is 2.95. The number of halogens is 4. The fourth-order valence-electron chi connectivity index (χ4n) is 1.76. The average Bonchev–Trinajstić information content (AvgIpc) is 2.44. The van der Waals surface area contributed by atoms with Crippen molar-refractivity contribution in [3.63, 3.8) is 0 Å². The summed E-state index contributed by atoms with van der Waals surface area (Å²) in [5.41, 5.74) is -0.156. The van der Waals surface area contributed by atoms with Gasteiger partial charge in [0.1, 0.15) is 5.82 Å². The minimum absolute atomic E-state index is 0.0640. The molecule has 1 heterocycles. The van der Waals surface area contributed by atoms with Crippen molar-refractivity contribution < 1.29 is 13.2 Å². The Balaban J connectivity index is 2.20. The van der Waals surface area contributed by atoms with Crippen LogP contribution < -0.4 is 10.6 Å². The SMILES string of the molecule is CCNc1nc(NCc2cccc(Cl)c2)cc(C(F)(F)F)n1. The number of aromatic nitrogens is 2. The highest BCUT2D eigenvalue weighted by atomic mass is 35.5. The van der Waals surface area contributed by atoms with Crippen LogP contribution in [0.5, 0.6) is 0 Å². The molecule has 2 N–H and O–H groups in total. The summed E-state index contributed by atoms with van der Waals surface area (Å²) in [6.07, 6.45) is -4.53. The molecule has 0 saturated heterocycles. The molecule has 0 unspecified atom stereocenters. The van der Waals surface area contributed by atoms with Gasteiger partial charge in [0.2, 0.25) is 5.95 Å². The highest BCUT2D eigenvalue weighted by molar-refractivity contribution is 6.30. The van der Waals surface area contributed by atoms with Crippen molar-refractivity contribution in [2.75, 3.05) is 17.2 Å². The first-order valence-corrected chi connectivity index (χ1v) is 6.94. The Hall–Kier alpha value is -2.02. The van der Waals surface area contributed by atoms with Gasteiger partial charge in [-0.3, -0.25) is 0 Å². The quantitative estimate of drug-likeness (QED) is 0.863. The van der Waals surface area contributed by atoms with Crippen LogP contribution in [0.3, 0.4) is 0 Å². The molecule has 0 spiro atoms. The second-order valence-electron chi connectivity index (χ2n) is 4.47. The predicted molar refractivity (Wildman–Crippen MR) is 80.0 cm³/mol. The van der Waals surface area contributed by atoms with Crippen LogP contribution in [0.25, 0.3) is 0 Å². The van der Waals surface area contributed by atoms with Crippen molar-refractivity contribution in [2.24, 2.45) is 0 Å². The fraction of sp³-hybridized carbons (Fsp3) is 0.286. The first-order valence-electron chi connectivity index (χ1n) is 6.57. The van der Waals surface area contributed by atoms with E-state index in [1.807, 2.05) is 6.07 Å². The summed E-state index contributed by atoms with van der Waals surface area (Å²) in [6.45, 7) is 2.48. The van der Waals surface area contributed by atoms with Crippen LogP contribution in [0.2, 0.25) is 5.02 Å². The third-order valence-electron chi connectivity index (χ3n) is 2.71. The van der Waals surface area contributed by atoms with E-state index in [0.29, 0.717) is 18.1 Å². The van der Waals surface area contributed by atoms with Crippen molar-refractivity contribution in [3.05, 3.63) is 46.6 Å². The van der Waals surface area contributed by atoms with E-state index in [0.717, 1.165) is 11.6 Å². The van der Waals surface area contributed by atoms with Crippen LogP contribution in [-0.2, 0) is 12.7 Å². The van der Waals surface area contributed by atoms with E-state index >= 15 is 0 Å². The minimum Gasteiger partial charge on any atom is -0.366 e. The van der Waals surface area contributed by atoms with Crippen molar-refractivity contribution in [2.45, 2.75) is 19.6 Å². The van der Waals surface area contributed by atoms with Gasteiger partial charge in [0.15, 0.2) is 5.69 Å². The van der Waals surface area contributed by atoms with Crippen LogP contribution >= 0.6 is 11.6 Å². The normalized spacial score (nSPS) is 11.3. The van der Waals surface area contributed by atoms with Crippen molar-refractivity contribution in [1.82, 2.24) is 9.97 Å². The van der Waals surface area contributed by atoms with E-state index in [1.54, 1.807) is 25.1 Å². The number of nitrogens with one attached hydrogen (secondary N) is 2. The van der Waals surface area contributed by atoms with Crippen molar-refractivity contribution >= 4 is 23.4 Å². The smallest absolute Gasteiger partial charge is 0.366 e. The molecule has 0 fully saturated rings. The molecule has 4 nitrogen and oxygen atoms in total. The van der Waals surface area contributed by atoms with Crippen LogP contribution in [-0.4, -0.2) is 16.5 Å². The van der Waals surface area contributed by atoms with E-state index in [9.17, 15) is 13.2 Å². The number of benzene rings is 1. The maximum Gasteiger partial charge on any atom is 0.433 e. The number of rotatable bonds is 5. The Kier molecular flexibility index (Phi) is 5.07. The number of hydrogen-bond acceptors (Lipinski definition) is 4. The van der Waals surface area contributed by atoms with E-state index < -0.39 is 11.9 Å². The fourth-order valence-corrected chi connectivity index (χ4v) is 1.97. The molecule has 22 heavy (non-hydrogen) atoms. The molecular formula is C14H14ClF3N4. The van der Waals surface area contributed by atoms with E-state index in [1.165, 1.54) is 0 Å². The summed E-state index contributed by atoms with van der Waals surface area (Å²) in [5.74, 6) is 0.0316. The van der Waals surface area contributed by atoms with Gasteiger partial charge >= 0.3 is 6.18 Å². The van der Waals surface area contributed by atoms with Crippen LogP contribution in [0.4, 0.5) is 24.9 Å². The van der Waals surface area contributed by atoms with Gasteiger partial charge < -0.3 is 10.6 Å². The molecule has 2 aromatic rings. The molecule has 8 heteroatoms. The number of hydrogen-bond donors (Lipinski definition) is 2. The molecular weight excluding hydrogens is 317 g/mol. The summed E-state index contributed by atoms with van der Waals surface area (Å²) in [7, 11) is 0. The van der Waals surface area contributed by atoms with Crippen LogP contribution in [0.15, 0.2) is 30.3 Å². The van der Waals surface area contributed by atoms with E-state index in [4.69, 9.17) is 11.6 Å². The average molecular weight is 331 g/mol. The van der Waals surface area contributed by atoms with Crippen LogP contribution in [0.1, 0.15) is 18.2 Å². The maximum absolute atomic E-state index is 12.8. The molecule has 1 aromatic heterocycles. The Morgan fingerprint density at radius 3 is 2.55 bits per heavy atom. The Morgan fingerprint density at radius 2 is 1.91 bits per heavy atom. The second kappa shape index (κ2) is 6.83. The summed E-state index contributed by atoms with van der Waals surface area (Å²) in [4.78, 5) is 7.46. The molecule has 0 saturated carbocycles. The highest BCUT2D eigenvalue weighted by Crippen LogP contribution is 2.29. The van der Waals surface area contributed by atoms with Gasteiger partial charge in [-0.2, -0.15) is 18.2 Å². The summed E-state index contributed by atoms with van der Waals surface area (Å²) in [5, 5.41) is 6.10. The molecule has 0 atom stereocenters. The Morgan fingerprint density at radius 1 is 1.14 bits per heavy atom. The Labute approximate surface area is 130 Å². The van der Waals surface area contributed by atoms with Crippen LogP contribution in [0, 0.1) is 0 Å². The van der Waals surface area contributed by atoms with E-state index in [2.05, 4.69) is 20.6 Å². The first kappa shape index (κ1) is 16.4. The zero-order valence-electron chi connectivity index (χ0n) is 11.7. The molecule has 0 aliphatic heterocycles. The summed E-state index contributed by atoms with van der Waals surface area (Å²) >= 11 is 5.87. The molecule has 0 bridgehead atoms. The molecule has 0 amide bonds. The molecule has 2 rings (SSSR count). The number of nitrogens with zero attached hydrogens (tertiary/aromatic N) is 2. The maximum atomic E-state index is 12.8. The van der Waals surface area contributed by atoms with Gasteiger partial charge in [0.25, 0.3) is 0 Å². The third kappa shape index (κ3) is 4.49. The minimum atomic E-state index is -4.53. The molecule has 118 valence electrons. The van der Waals surface area contributed by atoms with Gasteiger partial charge in [-0.1, -0.05) is 23.7 Å². The topological polar surface area (TPSA) is 49.8 Å². The molecule has 0 radical (unpaired) electrons. The first-order chi connectivity index (χ1) is 10.4. The highest BCUT2D eigenvalue weighted by Gasteiger charge is 2.33. The van der Waals surface area contributed by atoms with Gasteiger partial charge in [-0.05, 0) is 24.6 Å². The van der Waals surface area contributed by atoms with E-state index in [-0.39, 0.29) is 11.8 Å². The lowest BCUT2D eigenvalue weighted by atomic mass is 10.2. The Bertz CT molecular complexity index is 646. The van der Waals surface area contributed by atoms with Crippen molar-refractivity contribution in [1.29, 1.82) is 0 Å². The summed E-state index contributed by atoms with van der Waals surface area (Å²) in [6, 6.07) is 7.91. The molecule has 0 aliphatic rings. The lowest BCUT2D eigenvalue weighted by Gasteiger charge is -2.12. The predicted octanol–water partition coefficient (Wildman–Crippen LogP) is 4.19. The largest absolute Gasteiger partial charge is 0.433 e. The second-order valence-corrected chi connectivity index (χ2v) is 4.91. The zero-order chi connectivity index (χ0) is 16.2. The van der Waals surface area contributed by atoms with Gasteiger partial charge in [-0.25, -0.2) is 4.98 Å². The zero-order valence-corrected chi connectivity index (χ0v) is 12.5. The molecule has 0 aliphatic carbocycles. The van der Waals surface area contributed by atoms with Gasteiger partial charge in [0, 0.05) is 24.2 Å². The van der Waals surface area contributed by atoms with Crippen molar-refractivity contribution in [3.8, 4) is 0 Å². The number of alkyl halides is 3. The van der Waals surface area contributed by atoms with Gasteiger partial charge in [0.05, 0.1) is 0 Å². The lowest BCUT2D eigenvalue weighted by molar-refractivity contribution is -0.141. The number of anilines is 2. The standard InChI is InChI=1S/C14H14ClF3N4/c1-2-19-13-21-11(14(16,17)18)7-12(22-13)20-8-9-4-3-5-10(15)6-9/h3-7H,2,8H2,1H3,(H2,19,20,21,22). The molecule has 1 aromatic carbocycles. The lowest BCUT2D eigenvalue weighted by Crippen LogP contribution is -2.14. The monoisotopic (exact) mass is 330 g/mol. The summed E-state index contributed by atoms with van der Waals surface area (Å²) < 4.78 is 38.5.